The molecular formula is C14H24N2O4. The molecule has 2 fully saturated rings. The summed E-state index contributed by atoms with van der Waals surface area (Å²) in [5.74, 6) is -1.07. The molecule has 2 N–H and O–H groups in total. The predicted molar refractivity (Wildman–Crippen MR) is 73.5 cm³/mol. The molecule has 6 nitrogen and oxygen atoms in total. The maximum Gasteiger partial charge on any atom is 0.317 e. The second-order valence-electron chi connectivity index (χ2n) is 6.01. The SMILES string of the molecule is CC1CN(C(=O)NC2CCCC(C(=O)O)C2)CC(C)O1. The highest BCUT2D eigenvalue weighted by Gasteiger charge is 2.31. The van der Waals surface area contributed by atoms with Crippen LogP contribution in [0.5, 0.6) is 0 Å². The Hall–Kier alpha value is -1.30. The number of carbonyl (C=O) groups is 2. The van der Waals surface area contributed by atoms with Crippen LogP contribution in [0.2, 0.25) is 0 Å². The average Bonchev–Trinajstić information content (AvgIpc) is 2.37. The molecule has 0 aromatic heterocycles. The van der Waals surface area contributed by atoms with E-state index in [2.05, 4.69) is 5.32 Å². The number of rotatable bonds is 2. The van der Waals surface area contributed by atoms with E-state index in [9.17, 15) is 9.59 Å². The molecule has 1 aliphatic heterocycles. The average molecular weight is 284 g/mol. The zero-order chi connectivity index (χ0) is 14.7. The van der Waals surface area contributed by atoms with E-state index in [1.54, 1.807) is 4.90 Å². The van der Waals surface area contributed by atoms with Crippen molar-refractivity contribution >= 4 is 12.0 Å². The first-order valence-electron chi connectivity index (χ1n) is 7.39. The van der Waals surface area contributed by atoms with E-state index in [1.807, 2.05) is 13.8 Å². The lowest BCUT2D eigenvalue weighted by Crippen LogP contribution is -2.54. The van der Waals surface area contributed by atoms with Gasteiger partial charge in [0.15, 0.2) is 0 Å². The lowest BCUT2D eigenvalue weighted by molar-refractivity contribution is -0.143. The number of morpholine rings is 1. The fourth-order valence-electron chi connectivity index (χ4n) is 3.15. The van der Waals surface area contributed by atoms with Crippen molar-refractivity contribution < 1.29 is 19.4 Å². The van der Waals surface area contributed by atoms with Crippen LogP contribution in [-0.2, 0) is 9.53 Å². The van der Waals surface area contributed by atoms with Crippen LogP contribution >= 0.6 is 0 Å². The number of carbonyl (C=O) groups excluding carboxylic acids is 1. The van der Waals surface area contributed by atoms with Gasteiger partial charge in [-0.05, 0) is 33.1 Å². The number of nitrogens with one attached hydrogen (secondary N) is 1. The number of ether oxygens (including phenoxy) is 1. The fraction of sp³-hybridized carbons (Fsp3) is 0.857. The van der Waals surface area contributed by atoms with Gasteiger partial charge in [0.1, 0.15) is 0 Å². The van der Waals surface area contributed by atoms with E-state index in [-0.39, 0.29) is 30.2 Å². The van der Waals surface area contributed by atoms with Crippen molar-refractivity contribution in [3.63, 3.8) is 0 Å². The van der Waals surface area contributed by atoms with Crippen LogP contribution < -0.4 is 5.32 Å². The van der Waals surface area contributed by atoms with Gasteiger partial charge in [-0.2, -0.15) is 0 Å². The molecule has 2 aliphatic rings. The van der Waals surface area contributed by atoms with Gasteiger partial charge in [0.2, 0.25) is 0 Å². The molecule has 2 amide bonds. The van der Waals surface area contributed by atoms with E-state index in [0.29, 0.717) is 25.9 Å². The van der Waals surface area contributed by atoms with Crippen molar-refractivity contribution in [3.8, 4) is 0 Å². The normalized spacial score (nSPS) is 34.6. The minimum Gasteiger partial charge on any atom is -0.481 e. The molecule has 1 heterocycles. The molecule has 0 bridgehead atoms. The summed E-state index contributed by atoms with van der Waals surface area (Å²) in [6, 6.07) is -0.117. The highest BCUT2D eigenvalue weighted by atomic mass is 16.5. The van der Waals surface area contributed by atoms with Crippen molar-refractivity contribution in [2.45, 2.75) is 57.8 Å². The molecule has 1 saturated heterocycles. The first-order chi connectivity index (χ1) is 9.45. The van der Waals surface area contributed by atoms with Crippen molar-refractivity contribution in [2.24, 2.45) is 5.92 Å². The number of amides is 2. The number of carboxylic acids is 1. The second-order valence-corrected chi connectivity index (χ2v) is 6.01. The van der Waals surface area contributed by atoms with Crippen molar-refractivity contribution in [1.82, 2.24) is 10.2 Å². The Kier molecular flexibility index (Phi) is 4.86. The first-order valence-corrected chi connectivity index (χ1v) is 7.39. The van der Waals surface area contributed by atoms with E-state index in [0.717, 1.165) is 12.8 Å². The quantitative estimate of drug-likeness (QED) is 0.804. The van der Waals surface area contributed by atoms with Crippen LogP contribution in [0.15, 0.2) is 0 Å². The molecule has 0 aromatic carbocycles. The maximum atomic E-state index is 12.2. The Labute approximate surface area is 119 Å². The number of aliphatic carboxylic acids is 1. The summed E-state index contributed by atoms with van der Waals surface area (Å²) in [6.07, 6.45) is 3.07. The number of carboxylic acid groups (broad SMARTS) is 1. The molecule has 4 unspecified atom stereocenters. The summed E-state index contributed by atoms with van der Waals surface area (Å²) in [5, 5.41) is 12.1. The van der Waals surface area contributed by atoms with Crippen molar-refractivity contribution in [2.75, 3.05) is 13.1 Å². The summed E-state index contributed by atoms with van der Waals surface area (Å²) < 4.78 is 5.61. The molecule has 20 heavy (non-hydrogen) atoms. The Morgan fingerprint density at radius 1 is 1.20 bits per heavy atom. The summed E-state index contributed by atoms with van der Waals surface area (Å²) >= 11 is 0. The number of urea groups is 1. The van der Waals surface area contributed by atoms with Gasteiger partial charge in [0.05, 0.1) is 18.1 Å². The minimum absolute atomic E-state index is 0.0224. The third-order valence-electron chi connectivity index (χ3n) is 4.06. The minimum atomic E-state index is -0.752. The predicted octanol–water partition coefficient (Wildman–Crippen LogP) is 1.45. The Balaban J connectivity index is 1.86. The number of hydrogen-bond donors (Lipinski definition) is 2. The lowest BCUT2D eigenvalue weighted by atomic mass is 9.86. The summed E-state index contributed by atoms with van der Waals surface area (Å²) in [5.41, 5.74) is 0. The Morgan fingerprint density at radius 3 is 2.45 bits per heavy atom. The molecule has 114 valence electrons. The van der Waals surface area contributed by atoms with Crippen LogP contribution in [0.25, 0.3) is 0 Å². The van der Waals surface area contributed by atoms with Gasteiger partial charge in [-0.15, -0.1) is 0 Å². The maximum absolute atomic E-state index is 12.2. The standard InChI is InChI=1S/C14H24N2O4/c1-9-7-16(8-10(2)20-9)14(19)15-12-5-3-4-11(6-12)13(17)18/h9-12H,3-8H2,1-2H3,(H,15,19)(H,17,18). The third kappa shape index (κ3) is 3.85. The highest BCUT2D eigenvalue weighted by Crippen LogP contribution is 2.24. The number of hydrogen-bond acceptors (Lipinski definition) is 3. The van der Waals surface area contributed by atoms with Crippen molar-refractivity contribution in [1.29, 1.82) is 0 Å². The molecule has 4 atom stereocenters. The van der Waals surface area contributed by atoms with Gasteiger partial charge in [0.25, 0.3) is 0 Å². The van der Waals surface area contributed by atoms with E-state index >= 15 is 0 Å². The summed E-state index contributed by atoms with van der Waals surface area (Å²) in [6.45, 7) is 5.09. The van der Waals surface area contributed by atoms with E-state index in [4.69, 9.17) is 9.84 Å². The smallest absolute Gasteiger partial charge is 0.317 e. The monoisotopic (exact) mass is 284 g/mol. The molecule has 1 saturated carbocycles. The Morgan fingerprint density at radius 2 is 1.85 bits per heavy atom. The summed E-state index contributed by atoms with van der Waals surface area (Å²) in [4.78, 5) is 25.0. The first kappa shape index (κ1) is 15.1. The zero-order valence-corrected chi connectivity index (χ0v) is 12.2. The molecule has 6 heteroatoms. The van der Waals surface area contributed by atoms with E-state index in [1.165, 1.54) is 0 Å². The van der Waals surface area contributed by atoms with Crippen molar-refractivity contribution in [3.05, 3.63) is 0 Å². The van der Waals surface area contributed by atoms with E-state index < -0.39 is 5.97 Å². The van der Waals surface area contributed by atoms with Crippen LogP contribution in [0.1, 0.15) is 39.5 Å². The third-order valence-corrected chi connectivity index (χ3v) is 4.06. The fourth-order valence-corrected chi connectivity index (χ4v) is 3.15. The zero-order valence-electron chi connectivity index (χ0n) is 12.2. The molecular weight excluding hydrogens is 260 g/mol. The van der Waals surface area contributed by atoms with Gasteiger partial charge in [-0.1, -0.05) is 6.42 Å². The van der Waals surface area contributed by atoms with Crippen LogP contribution in [-0.4, -0.2) is 53.3 Å². The molecule has 0 spiro atoms. The van der Waals surface area contributed by atoms with Gasteiger partial charge in [-0.25, -0.2) is 4.79 Å². The van der Waals surface area contributed by atoms with Gasteiger partial charge >= 0.3 is 12.0 Å². The van der Waals surface area contributed by atoms with Crippen LogP contribution in [0.4, 0.5) is 4.79 Å². The van der Waals surface area contributed by atoms with Gasteiger partial charge < -0.3 is 20.1 Å². The molecule has 2 rings (SSSR count). The largest absolute Gasteiger partial charge is 0.481 e. The summed E-state index contributed by atoms with van der Waals surface area (Å²) in [7, 11) is 0. The molecule has 0 radical (unpaired) electrons. The van der Waals surface area contributed by atoms with Gasteiger partial charge in [-0.3, -0.25) is 4.79 Å². The second kappa shape index (κ2) is 6.43. The van der Waals surface area contributed by atoms with Gasteiger partial charge in [0, 0.05) is 19.1 Å². The number of nitrogens with zero attached hydrogens (tertiary/aromatic N) is 1. The topological polar surface area (TPSA) is 78.9 Å². The molecule has 0 aromatic rings. The highest BCUT2D eigenvalue weighted by molar-refractivity contribution is 5.75. The lowest BCUT2D eigenvalue weighted by Gasteiger charge is -2.37. The van der Waals surface area contributed by atoms with Crippen LogP contribution in [0.3, 0.4) is 0 Å². The molecule has 1 aliphatic carbocycles. The Bertz CT molecular complexity index is 364. The van der Waals surface area contributed by atoms with Crippen LogP contribution in [0, 0.1) is 5.92 Å².